The van der Waals surface area contributed by atoms with Gasteiger partial charge in [0.15, 0.2) is 0 Å². The van der Waals surface area contributed by atoms with Crippen LogP contribution in [0.15, 0.2) is 0 Å². The quantitative estimate of drug-likeness (QED) is 0.676. The number of carboxylic acid groups (broad SMARTS) is 2. The van der Waals surface area contributed by atoms with Crippen molar-refractivity contribution >= 4 is 11.9 Å². The maximum absolute atomic E-state index is 11.5. The smallest absolute Gasteiger partial charge is 0.352 e. The van der Waals surface area contributed by atoms with E-state index in [4.69, 9.17) is 0 Å². The van der Waals surface area contributed by atoms with Crippen LogP contribution in [0, 0.1) is 6.92 Å². The highest BCUT2D eigenvalue weighted by atomic mass is 16.4. The summed E-state index contributed by atoms with van der Waals surface area (Å²) in [4.78, 5) is 29.0. The first-order chi connectivity index (χ1) is 11.4. The Balaban J connectivity index is 2.05. The lowest BCUT2D eigenvalue weighted by atomic mass is 9.91. The molecule has 0 atom stereocenters. The minimum Gasteiger partial charge on any atom is -0.477 e. The van der Waals surface area contributed by atoms with E-state index in [1.54, 1.807) is 0 Å². The van der Waals surface area contributed by atoms with Crippen molar-refractivity contribution in [2.24, 2.45) is 0 Å². The molecule has 2 aromatic rings. The van der Waals surface area contributed by atoms with Gasteiger partial charge in [0.05, 0.1) is 0 Å². The Hall–Kier alpha value is -2.50. The van der Waals surface area contributed by atoms with Gasteiger partial charge in [0.1, 0.15) is 11.4 Å². The van der Waals surface area contributed by atoms with Crippen LogP contribution in [0.4, 0.5) is 0 Å². The lowest BCUT2D eigenvalue weighted by molar-refractivity contribution is 0.0679. The molecule has 0 fully saturated rings. The molecule has 0 spiro atoms. The standard InChI is InChI=1S/C18H22N2O4/c1-3-10-9(2)15(17(21)22)19-13(10)8-14-11-6-4-5-7-12(11)16(20-14)18(23)24/h19-20H,3-8H2,1-2H3,(H,21,22)(H,23,24). The third-order valence-electron chi connectivity index (χ3n) is 5.01. The predicted molar refractivity (Wildman–Crippen MR) is 89.1 cm³/mol. The number of rotatable bonds is 5. The van der Waals surface area contributed by atoms with Crippen molar-refractivity contribution in [3.8, 4) is 0 Å². The number of hydrogen-bond donors (Lipinski definition) is 4. The SMILES string of the molecule is CCc1c(Cc2[nH]c(C(=O)O)c3c2CCCC3)[nH]c(C(=O)O)c1C. The van der Waals surface area contributed by atoms with Gasteiger partial charge in [-0.15, -0.1) is 0 Å². The van der Waals surface area contributed by atoms with Gasteiger partial charge in [-0.3, -0.25) is 0 Å². The molecule has 0 unspecified atom stereocenters. The number of carbonyl (C=O) groups is 2. The van der Waals surface area contributed by atoms with Gasteiger partial charge in [-0.2, -0.15) is 0 Å². The predicted octanol–water partition coefficient (Wildman–Crippen LogP) is 3.08. The van der Waals surface area contributed by atoms with Crippen molar-refractivity contribution in [3.05, 3.63) is 45.0 Å². The summed E-state index contributed by atoms with van der Waals surface area (Å²) in [6, 6.07) is 0. The summed E-state index contributed by atoms with van der Waals surface area (Å²) in [5.41, 5.74) is 6.06. The fourth-order valence-corrected chi connectivity index (χ4v) is 3.87. The number of aromatic carboxylic acids is 2. The molecular weight excluding hydrogens is 308 g/mol. The summed E-state index contributed by atoms with van der Waals surface area (Å²) in [7, 11) is 0. The number of carboxylic acids is 2. The van der Waals surface area contributed by atoms with E-state index in [2.05, 4.69) is 9.97 Å². The first-order valence-electron chi connectivity index (χ1n) is 8.33. The summed E-state index contributed by atoms with van der Waals surface area (Å²) in [6.07, 6.45) is 4.98. The number of aromatic nitrogens is 2. The Kier molecular flexibility index (Phi) is 4.22. The van der Waals surface area contributed by atoms with Gasteiger partial charge in [-0.05, 0) is 61.3 Å². The van der Waals surface area contributed by atoms with E-state index in [0.29, 0.717) is 12.1 Å². The summed E-state index contributed by atoms with van der Waals surface area (Å²) >= 11 is 0. The Morgan fingerprint density at radius 3 is 2.12 bits per heavy atom. The maximum Gasteiger partial charge on any atom is 0.352 e. The van der Waals surface area contributed by atoms with Gasteiger partial charge in [0, 0.05) is 17.8 Å². The molecule has 0 saturated heterocycles. The molecule has 0 radical (unpaired) electrons. The number of hydrogen-bond acceptors (Lipinski definition) is 2. The van der Waals surface area contributed by atoms with Crippen LogP contribution in [0.2, 0.25) is 0 Å². The van der Waals surface area contributed by atoms with Gasteiger partial charge in [0.25, 0.3) is 0 Å². The van der Waals surface area contributed by atoms with E-state index in [0.717, 1.165) is 65.7 Å². The Bertz CT molecular complexity index is 814. The minimum atomic E-state index is -0.965. The number of nitrogens with one attached hydrogen (secondary N) is 2. The molecular formula is C18H22N2O4. The second kappa shape index (κ2) is 6.19. The van der Waals surface area contributed by atoms with E-state index in [1.165, 1.54) is 0 Å². The van der Waals surface area contributed by atoms with Gasteiger partial charge < -0.3 is 20.2 Å². The highest BCUT2D eigenvalue weighted by Crippen LogP contribution is 2.30. The largest absolute Gasteiger partial charge is 0.477 e. The van der Waals surface area contributed by atoms with Gasteiger partial charge in [-0.1, -0.05) is 6.92 Å². The third-order valence-corrected chi connectivity index (χ3v) is 5.01. The fourth-order valence-electron chi connectivity index (χ4n) is 3.87. The lowest BCUT2D eigenvalue weighted by Gasteiger charge is -2.13. The van der Waals surface area contributed by atoms with Crippen LogP contribution in [0.3, 0.4) is 0 Å². The van der Waals surface area contributed by atoms with Crippen molar-refractivity contribution in [3.63, 3.8) is 0 Å². The summed E-state index contributed by atoms with van der Waals surface area (Å²) in [5.74, 6) is -1.89. The molecule has 0 aliphatic heterocycles. The molecule has 0 amide bonds. The first-order valence-corrected chi connectivity index (χ1v) is 8.33. The van der Waals surface area contributed by atoms with Gasteiger partial charge in [0.2, 0.25) is 0 Å². The van der Waals surface area contributed by atoms with Gasteiger partial charge >= 0.3 is 11.9 Å². The zero-order valence-electron chi connectivity index (χ0n) is 14.0. The van der Waals surface area contributed by atoms with Crippen LogP contribution in [0.1, 0.15) is 74.4 Å². The van der Waals surface area contributed by atoms with Crippen LogP contribution < -0.4 is 0 Å². The molecule has 3 rings (SSSR count). The zero-order chi connectivity index (χ0) is 17.4. The average molecular weight is 330 g/mol. The molecule has 4 N–H and O–H groups in total. The lowest BCUT2D eigenvalue weighted by Crippen LogP contribution is -2.06. The first kappa shape index (κ1) is 16.4. The Morgan fingerprint density at radius 2 is 1.54 bits per heavy atom. The van der Waals surface area contributed by atoms with Crippen molar-refractivity contribution in [2.45, 2.75) is 52.4 Å². The molecule has 2 aromatic heterocycles. The molecule has 6 nitrogen and oxygen atoms in total. The molecule has 1 aliphatic carbocycles. The number of H-pyrrole nitrogens is 2. The third kappa shape index (κ3) is 2.62. The topological polar surface area (TPSA) is 106 Å². The van der Waals surface area contributed by atoms with E-state index in [9.17, 15) is 19.8 Å². The van der Waals surface area contributed by atoms with Crippen molar-refractivity contribution in [1.29, 1.82) is 0 Å². The van der Waals surface area contributed by atoms with Crippen LogP contribution in [0.5, 0.6) is 0 Å². The van der Waals surface area contributed by atoms with Crippen molar-refractivity contribution in [2.75, 3.05) is 0 Å². The Labute approximate surface area is 139 Å². The van der Waals surface area contributed by atoms with E-state index in [1.807, 2.05) is 13.8 Å². The van der Waals surface area contributed by atoms with Crippen LogP contribution in [-0.4, -0.2) is 32.1 Å². The number of fused-ring (bicyclic) bond motifs is 1. The normalized spacial score (nSPS) is 13.8. The molecule has 0 aromatic carbocycles. The minimum absolute atomic E-state index is 0.223. The Morgan fingerprint density at radius 1 is 0.958 bits per heavy atom. The highest BCUT2D eigenvalue weighted by molar-refractivity contribution is 5.89. The molecule has 0 saturated carbocycles. The molecule has 1 aliphatic rings. The zero-order valence-corrected chi connectivity index (χ0v) is 14.0. The van der Waals surface area contributed by atoms with Crippen LogP contribution in [-0.2, 0) is 25.7 Å². The van der Waals surface area contributed by atoms with E-state index < -0.39 is 11.9 Å². The molecule has 6 heteroatoms. The average Bonchev–Trinajstić information content (AvgIpc) is 3.06. The van der Waals surface area contributed by atoms with Crippen LogP contribution in [0.25, 0.3) is 0 Å². The molecule has 0 bridgehead atoms. The van der Waals surface area contributed by atoms with Gasteiger partial charge in [-0.25, -0.2) is 9.59 Å². The second-order valence-electron chi connectivity index (χ2n) is 6.37. The molecule has 128 valence electrons. The van der Waals surface area contributed by atoms with E-state index in [-0.39, 0.29) is 5.69 Å². The highest BCUT2D eigenvalue weighted by Gasteiger charge is 2.25. The fraction of sp³-hybridized carbons (Fsp3) is 0.444. The molecule has 2 heterocycles. The second-order valence-corrected chi connectivity index (χ2v) is 6.37. The van der Waals surface area contributed by atoms with E-state index >= 15 is 0 Å². The summed E-state index contributed by atoms with van der Waals surface area (Å²) < 4.78 is 0. The number of aromatic amines is 2. The summed E-state index contributed by atoms with van der Waals surface area (Å²) in [6.45, 7) is 3.81. The molecule has 24 heavy (non-hydrogen) atoms. The van der Waals surface area contributed by atoms with Crippen LogP contribution >= 0.6 is 0 Å². The monoisotopic (exact) mass is 330 g/mol. The maximum atomic E-state index is 11.5. The van der Waals surface area contributed by atoms with Crippen molar-refractivity contribution in [1.82, 2.24) is 9.97 Å². The van der Waals surface area contributed by atoms with Crippen molar-refractivity contribution < 1.29 is 19.8 Å². The summed E-state index contributed by atoms with van der Waals surface area (Å²) in [5, 5.41) is 18.7.